The normalized spacial score (nSPS) is 14.8. The Balaban J connectivity index is 3.30. The maximum atomic E-state index is 11.5. The van der Waals surface area contributed by atoms with Crippen molar-refractivity contribution in [3.8, 4) is 0 Å². The molecule has 1 rings (SSSR count). The van der Waals surface area contributed by atoms with E-state index in [2.05, 4.69) is 15.9 Å². The third kappa shape index (κ3) is 2.13. The number of halogens is 1. The number of carboxylic acids is 1. The first-order chi connectivity index (χ1) is 7.45. The van der Waals surface area contributed by atoms with Crippen LogP contribution in [0.2, 0.25) is 0 Å². The van der Waals surface area contributed by atoms with Crippen LogP contribution >= 0.6 is 15.9 Å². The monoisotopic (exact) mass is 285 g/mol. The molecule has 0 radical (unpaired) electrons. The molecule has 0 heterocycles. The topological polar surface area (TPSA) is 40.5 Å². The van der Waals surface area contributed by atoms with Crippen LogP contribution in [-0.2, 0) is 10.3 Å². The number of benzene rings is 1. The van der Waals surface area contributed by atoms with E-state index < -0.39 is 11.5 Å². The quantitative estimate of drug-likeness (QED) is 0.925. The lowest BCUT2D eigenvalue weighted by atomic mass is 9.86. The summed E-state index contributed by atoms with van der Waals surface area (Å²) in [6.07, 6.45) is 0.525. The SMILES string of the molecule is CCC(C(=O)O)(c1ccc(Br)cc1)N(C)C. The summed E-state index contributed by atoms with van der Waals surface area (Å²) < 4.78 is 0.949. The smallest absolute Gasteiger partial charge is 0.328 e. The molecule has 0 saturated heterocycles. The molecule has 0 spiro atoms. The van der Waals surface area contributed by atoms with E-state index in [0.29, 0.717) is 6.42 Å². The van der Waals surface area contributed by atoms with Crippen molar-refractivity contribution < 1.29 is 9.90 Å². The molecule has 0 aliphatic rings. The number of nitrogens with zero attached hydrogens (tertiary/aromatic N) is 1. The van der Waals surface area contributed by atoms with Crippen LogP contribution in [0.25, 0.3) is 0 Å². The van der Waals surface area contributed by atoms with E-state index in [-0.39, 0.29) is 0 Å². The van der Waals surface area contributed by atoms with Gasteiger partial charge in [0.1, 0.15) is 5.54 Å². The van der Waals surface area contributed by atoms with Gasteiger partial charge in [0.15, 0.2) is 0 Å². The second kappa shape index (κ2) is 4.97. The van der Waals surface area contributed by atoms with Crippen molar-refractivity contribution in [2.75, 3.05) is 14.1 Å². The van der Waals surface area contributed by atoms with E-state index in [1.54, 1.807) is 19.0 Å². The summed E-state index contributed by atoms with van der Waals surface area (Å²) in [7, 11) is 3.58. The fraction of sp³-hybridized carbons (Fsp3) is 0.417. The molecule has 1 N–H and O–H groups in total. The molecule has 4 heteroatoms. The van der Waals surface area contributed by atoms with E-state index in [0.717, 1.165) is 10.0 Å². The molecular weight excluding hydrogens is 270 g/mol. The zero-order valence-corrected chi connectivity index (χ0v) is 11.3. The molecule has 0 fully saturated rings. The molecule has 1 aromatic rings. The number of hydrogen-bond donors (Lipinski definition) is 1. The van der Waals surface area contributed by atoms with E-state index in [1.807, 2.05) is 31.2 Å². The summed E-state index contributed by atoms with van der Waals surface area (Å²) in [6, 6.07) is 7.43. The third-order valence-electron chi connectivity index (χ3n) is 2.95. The predicted molar refractivity (Wildman–Crippen MR) is 67.4 cm³/mol. The number of aliphatic carboxylic acids is 1. The first kappa shape index (κ1) is 13.2. The molecule has 3 nitrogen and oxygen atoms in total. The Hall–Kier alpha value is -0.870. The molecule has 1 atom stereocenters. The largest absolute Gasteiger partial charge is 0.480 e. The van der Waals surface area contributed by atoms with Crippen LogP contribution in [0.1, 0.15) is 18.9 Å². The predicted octanol–water partition coefficient (Wildman–Crippen LogP) is 2.70. The summed E-state index contributed by atoms with van der Waals surface area (Å²) in [5.41, 5.74) is -0.142. The van der Waals surface area contributed by atoms with Gasteiger partial charge in [-0.1, -0.05) is 35.0 Å². The standard InChI is InChI=1S/C12H16BrNO2/c1-4-12(11(15)16,14(2)3)9-5-7-10(13)8-6-9/h5-8H,4H2,1-3H3,(H,15,16). The first-order valence-corrected chi connectivity index (χ1v) is 5.91. The molecule has 0 amide bonds. The van der Waals surface area contributed by atoms with Crippen LogP contribution < -0.4 is 0 Å². The molecule has 16 heavy (non-hydrogen) atoms. The van der Waals surface area contributed by atoms with Crippen molar-refractivity contribution in [1.29, 1.82) is 0 Å². The highest BCUT2D eigenvalue weighted by Gasteiger charge is 2.40. The number of hydrogen-bond acceptors (Lipinski definition) is 2. The van der Waals surface area contributed by atoms with Crippen molar-refractivity contribution in [3.63, 3.8) is 0 Å². The number of carbonyl (C=O) groups is 1. The Bertz CT molecular complexity index is 375. The van der Waals surface area contributed by atoms with Crippen molar-refractivity contribution in [3.05, 3.63) is 34.3 Å². The maximum Gasteiger partial charge on any atom is 0.328 e. The van der Waals surface area contributed by atoms with Gasteiger partial charge in [0.2, 0.25) is 0 Å². The minimum Gasteiger partial charge on any atom is -0.480 e. The van der Waals surface area contributed by atoms with Crippen molar-refractivity contribution in [2.24, 2.45) is 0 Å². The van der Waals surface area contributed by atoms with Crippen LogP contribution in [0, 0.1) is 0 Å². The van der Waals surface area contributed by atoms with Crippen LogP contribution in [0.3, 0.4) is 0 Å². The third-order valence-corrected chi connectivity index (χ3v) is 3.48. The minimum absolute atomic E-state index is 0.525. The zero-order chi connectivity index (χ0) is 12.3. The summed E-state index contributed by atoms with van der Waals surface area (Å²) in [5, 5.41) is 9.46. The van der Waals surface area contributed by atoms with Crippen molar-refractivity contribution >= 4 is 21.9 Å². The van der Waals surface area contributed by atoms with Gasteiger partial charge in [0.05, 0.1) is 0 Å². The molecule has 1 aromatic carbocycles. The Labute approximate surface area is 104 Å². The summed E-state index contributed by atoms with van der Waals surface area (Å²) >= 11 is 3.35. The summed E-state index contributed by atoms with van der Waals surface area (Å²) in [5.74, 6) is -0.817. The number of carboxylic acid groups (broad SMARTS) is 1. The van der Waals surface area contributed by atoms with Gasteiger partial charge < -0.3 is 5.11 Å². The number of likely N-dealkylation sites (N-methyl/N-ethyl adjacent to an activating group) is 1. The Morgan fingerprint density at radius 1 is 1.38 bits per heavy atom. The molecule has 0 aliphatic carbocycles. The van der Waals surface area contributed by atoms with Gasteiger partial charge in [-0.05, 0) is 38.2 Å². The molecule has 0 bridgehead atoms. The molecule has 1 unspecified atom stereocenters. The van der Waals surface area contributed by atoms with E-state index in [4.69, 9.17) is 0 Å². The van der Waals surface area contributed by atoms with Gasteiger partial charge in [-0.15, -0.1) is 0 Å². The maximum absolute atomic E-state index is 11.5. The van der Waals surface area contributed by atoms with Crippen LogP contribution in [0.5, 0.6) is 0 Å². The second-order valence-electron chi connectivity index (χ2n) is 3.92. The highest BCUT2D eigenvalue weighted by molar-refractivity contribution is 9.10. The molecular formula is C12H16BrNO2. The lowest BCUT2D eigenvalue weighted by Crippen LogP contribution is -2.47. The highest BCUT2D eigenvalue weighted by Crippen LogP contribution is 2.31. The fourth-order valence-electron chi connectivity index (χ4n) is 1.97. The summed E-state index contributed by atoms with van der Waals surface area (Å²) in [6.45, 7) is 1.89. The molecule has 88 valence electrons. The average Bonchev–Trinajstić information content (AvgIpc) is 2.21. The average molecular weight is 286 g/mol. The van der Waals surface area contributed by atoms with Crippen molar-refractivity contribution in [1.82, 2.24) is 4.90 Å². The minimum atomic E-state index is -0.944. The number of rotatable bonds is 4. The zero-order valence-electron chi connectivity index (χ0n) is 9.70. The Morgan fingerprint density at radius 3 is 2.19 bits per heavy atom. The molecule has 0 saturated carbocycles. The highest BCUT2D eigenvalue weighted by atomic mass is 79.9. The second-order valence-corrected chi connectivity index (χ2v) is 4.84. The van der Waals surface area contributed by atoms with Gasteiger partial charge in [-0.25, -0.2) is 4.79 Å². The fourth-order valence-corrected chi connectivity index (χ4v) is 2.23. The lowest BCUT2D eigenvalue weighted by Gasteiger charge is -2.35. The van der Waals surface area contributed by atoms with Crippen LogP contribution in [0.4, 0.5) is 0 Å². The van der Waals surface area contributed by atoms with Gasteiger partial charge in [-0.3, -0.25) is 4.90 Å². The van der Waals surface area contributed by atoms with Crippen LogP contribution in [0.15, 0.2) is 28.7 Å². The van der Waals surface area contributed by atoms with Gasteiger partial charge >= 0.3 is 5.97 Å². The first-order valence-electron chi connectivity index (χ1n) is 5.12. The van der Waals surface area contributed by atoms with E-state index >= 15 is 0 Å². The lowest BCUT2D eigenvalue weighted by molar-refractivity contribution is -0.151. The van der Waals surface area contributed by atoms with Crippen LogP contribution in [-0.4, -0.2) is 30.1 Å². The van der Waals surface area contributed by atoms with Gasteiger partial charge in [0, 0.05) is 4.47 Å². The van der Waals surface area contributed by atoms with E-state index in [9.17, 15) is 9.90 Å². The van der Waals surface area contributed by atoms with Gasteiger partial charge in [0.25, 0.3) is 0 Å². The molecule has 0 aromatic heterocycles. The Morgan fingerprint density at radius 2 is 1.88 bits per heavy atom. The van der Waals surface area contributed by atoms with E-state index in [1.165, 1.54) is 0 Å². The summed E-state index contributed by atoms with van der Waals surface area (Å²) in [4.78, 5) is 13.3. The molecule has 0 aliphatic heterocycles. The Kier molecular flexibility index (Phi) is 4.10. The van der Waals surface area contributed by atoms with Crippen molar-refractivity contribution in [2.45, 2.75) is 18.9 Å². The van der Waals surface area contributed by atoms with Gasteiger partial charge in [-0.2, -0.15) is 0 Å².